The second kappa shape index (κ2) is 20.8. The van der Waals surface area contributed by atoms with Crippen LogP contribution >= 0.6 is 7.82 Å². The minimum atomic E-state index is -4.55. The van der Waals surface area contributed by atoms with Crippen LogP contribution < -0.4 is 25.6 Å². The average Bonchev–Trinajstić information content (AvgIpc) is 3.06. The maximum absolute atomic E-state index is 13.0. The number of quaternary nitrogens is 1. The number of azide groups is 1. The zero-order valence-corrected chi connectivity index (χ0v) is 31.1. The summed E-state index contributed by atoms with van der Waals surface area (Å²) in [4.78, 5) is 76.3. The summed E-state index contributed by atoms with van der Waals surface area (Å²) in [6.07, 6.45) is -1.09. The van der Waals surface area contributed by atoms with Gasteiger partial charge in [-0.2, -0.15) is 0 Å². The molecule has 0 saturated carbocycles. The van der Waals surface area contributed by atoms with Gasteiger partial charge in [-0.05, 0) is 61.8 Å². The number of ether oxygens (including phenoxy) is 2. The van der Waals surface area contributed by atoms with Crippen molar-refractivity contribution in [2.75, 3.05) is 66.4 Å². The Bertz CT molecular complexity index is 1700. The Labute approximate surface area is 305 Å². The van der Waals surface area contributed by atoms with Crippen molar-refractivity contribution in [2.45, 2.75) is 39.1 Å². The number of carbonyl (C=O) groups is 4. The Morgan fingerprint density at radius 2 is 1.64 bits per heavy atom. The minimum Gasteiger partial charge on any atom is -0.756 e. The molecule has 1 unspecified atom stereocenters. The van der Waals surface area contributed by atoms with E-state index in [1.807, 2.05) is 21.1 Å². The highest BCUT2D eigenvalue weighted by Crippen LogP contribution is 2.37. The first-order chi connectivity index (χ1) is 24.8. The van der Waals surface area contributed by atoms with Crippen molar-refractivity contribution in [2.24, 2.45) is 5.11 Å². The molecule has 0 bridgehead atoms. The van der Waals surface area contributed by atoms with Gasteiger partial charge in [-0.1, -0.05) is 11.2 Å². The predicted octanol–water partition coefficient (Wildman–Crippen LogP) is 2.21. The third-order valence-corrected chi connectivity index (χ3v) is 8.04. The Morgan fingerprint density at radius 3 is 2.26 bits per heavy atom. The largest absolute Gasteiger partial charge is 0.756 e. The highest BCUT2D eigenvalue weighted by molar-refractivity contribution is 7.45. The topological polar surface area (TPSA) is 277 Å². The molecule has 3 N–H and O–H groups in total. The number of phosphoric acid groups is 1. The highest BCUT2D eigenvalue weighted by atomic mass is 31.2. The summed E-state index contributed by atoms with van der Waals surface area (Å²) in [5, 5.41) is 21.5. The van der Waals surface area contributed by atoms with Gasteiger partial charge >= 0.3 is 6.16 Å². The predicted molar refractivity (Wildman–Crippen MR) is 187 cm³/mol. The van der Waals surface area contributed by atoms with Crippen LogP contribution in [0.1, 0.15) is 25.0 Å². The Hall–Kier alpha value is -5.14. The maximum Gasteiger partial charge on any atom is 0.514 e. The minimum absolute atomic E-state index is 0.0156. The molecule has 0 fully saturated rings. The number of rotatable bonds is 21. The summed E-state index contributed by atoms with van der Waals surface area (Å²) in [6, 6.07) is 7.41. The van der Waals surface area contributed by atoms with E-state index in [0.29, 0.717) is 27.8 Å². The standard InChI is InChI=1S/C31H44N9O12P/c1-21(34-28(41)18-33-37-32)29(42)35-22(2)30(43)36-25-8-7-23(20-49-31(44)52-27-11-9-26(10-12-27)39(45)46)24(17-25)19-38(3)13-15-50-53(47,48)51-16-14-40(4,5)6/h7-12,17,21-22H,13-16,18-20H2,1-6H3,(H3-,34,35,36,41,42,43,47,48)/t21-,22-/m0/s1. The number of nitrogens with zero attached hydrogens (tertiary/aromatic N) is 6. The van der Waals surface area contributed by atoms with Crippen LogP contribution in [0, 0.1) is 10.1 Å². The lowest BCUT2D eigenvalue weighted by atomic mass is 10.1. The summed E-state index contributed by atoms with van der Waals surface area (Å²) in [6.45, 7) is 2.48. The van der Waals surface area contributed by atoms with Gasteiger partial charge in [0.25, 0.3) is 13.5 Å². The van der Waals surface area contributed by atoms with Crippen LogP contribution in [0.4, 0.5) is 16.2 Å². The number of phosphoric ester groups is 1. The smallest absolute Gasteiger partial charge is 0.514 e. The number of likely N-dealkylation sites (N-methyl/N-ethyl adjacent to an activating group) is 2. The van der Waals surface area contributed by atoms with Gasteiger partial charge in [-0.25, -0.2) is 4.79 Å². The monoisotopic (exact) mass is 765 g/mol. The molecule has 2 rings (SSSR count). The van der Waals surface area contributed by atoms with E-state index in [4.69, 9.17) is 24.1 Å². The molecule has 290 valence electrons. The van der Waals surface area contributed by atoms with E-state index >= 15 is 0 Å². The lowest BCUT2D eigenvalue weighted by molar-refractivity contribution is -0.870. The number of carbonyl (C=O) groups excluding carboxylic acids is 4. The van der Waals surface area contributed by atoms with Crippen molar-refractivity contribution in [1.29, 1.82) is 0 Å². The molecule has 2 aromatic rings. The highest BCUT2D eigenvalue weighted by Gasteiger charge is 2.22. The summed E-state index contributed by atoms with van der Waals surface area (Å²) >= 11 is 0. The molecule has 22 heteroatoms. The molecular weight excluding hydrogens is 721 g/mol. The van der Waals surface area contributed by atoms with Crippen molar-refractivity contribution in [1.82, 2.24) is 15.5 Å². The fourth-order valence-corrected chi connectivity index (χ4v) is 4.82. The molecule has 0 spiro atoms. The fourth-order valence-electron chi connectivity index (χ4n) is 4.13. The average molecular weight is 766 g/mol. The van der Waals surface area contributed by atoms with Gasteiger partial charge in [0.1, 0.15) is 44.1 Å². The Balaban J connectivity index is 2.12. The van der Waals surface area contributed by atoms with Gasteiger partial charge in [-0.3, -0.25) is 34.0 Å². The fraction of sp³-hybridized carbons (Fsp3) is 0.484. The van der Waals surface area contributed by atoms with Crippen LogP contribution in [-0.4, -0.2) is 111 Å². The first-order valence-electron chi connectivity index (χ1n) is 16.0. The van der Waals surface area contributed by atoms with E-state index in [0.717, 1.165) is 12.1 Å². The second-order valence-corrected chi connectivity index (χ2v) is 14.0. The van der Waals surface area contributed by atoms with Crippen molar-refractivity contribution in [3.63, 3.8) is 0 Å². The van der Waals surface area contributed by atoms with Gasteiger partial charge in [0.2, 0.25) is 17.7 Å². The van der Waals surface area contributed by atoms with Crippen molar-refractivity contribution < 1.29 is 56.6 Å². The third-order valence-electron chi connectivity index (χ3n) is 7.04. The van der Waals surface area contributed by atoms with Gasteiger partial charge in [-0.15, -0.1) is 0 Å². The van der Waals surface area contributed by atoms with Gasteiger partial charge in [0.15, 0.2) is 0 Å². The summed E-state index contributed by atoms with van der Waals surface area (Å²) in [5.41, 5.74) is 9.48. The molecule has 3 atom stereocenters. The zero-order valence-electron chi connectivity index (χ0n) is 30.2. The number of hydrogen-bond donors (Lipinski definition) is 3. The second-order valence-electron chi connectivity index (χ2n) is 12.6. The Kier molecular flexibility index (Phi) is 17.3. The van der Waals surface area contributed by atoms with Crippen molar-refractivity contribution in [3.05, 3.63) is 74.1 Å². The molecule has 53 heavy (non-hydrogen) atoms. The first-order valence-corrected chi connectivity index (χ1v) is 17.5. The number of nitro groups is 1. The van der Waals surface area contributed by atoms with E-state index in [-0.39, 0.29) is 44.3 Å². The summed E-state index contributed by atoms with van der Waals surface area (Å²) in [7, 11) is 2.79. The summed E-state index contributed by atoms with van der Waals surface area (Å²) < 4.78 is 33.0. The number of nitro benzene ring substituents is 1. The molecule has 0 heterocycles. The van der Waals surface area contributed by atoms with Crippen LogP contribution in [0.15, 0.2) is 47.6 Å². The number of nitrogens with one attached hydrogen (secondary N) is 3. The molecule has 0 radical (unpaired) electrons. The van der Waals surface area contributed by atoms with Gasteiger partial charge in [0.05, 0.1) is 32.7 Å². The zero-order chi connectivity index (χ0) is 39.8. The quantitative estimate of drug-likeness (QED) is 0.0189. The van der Waals surface area contributed by atoms with Gasteiger partial charge in [0, 0.05) is 35.8 Å². The molecule has 3 amide bonds. The lowest BCUT2D eigenvalue weighted by Gasteiger charge is -2.28. The van der Waals surface area contributed by atoms with E-state index in [2.05, 4.69) is 26.0 Å². The molecular formula is C31H44N9O12P. The van der Waals surface area contributed by atoms with Crippen molar-refractivity contribution >= 4 is 43.1 Å². The number of benzene rings is 2. The molecule has 21 nitrogen and oxygen atoms in total. The third kappa shape index (κ3) is 17.3. The number of anilines is 1. The SMILES string of the molecule is C[C@H](NC(=O)CN=[N+]=[N-])C(=O)N[C@@H](C)C(=O)Nc1ccc(COC(=O)Oc2ccc([N+](=O)[O-])cc2)c(CN(C)CCOP(=O)([O-])OCC[N+](C)(C)C)c1. The number of hydrogen-bond acceptors (Lipinski definition) is 14. The normalized spacial score (nSPS) is 13.4. The van der Waals surface area contributed by atoms with Crippen molar-refractivity contribution in [3.8, 4) is 5.75 Å². The Morgan fingerprint density at radius 1 is 1.00 bits per heavy atom. The first kappa shape index (κ1) is 44.0. The lowest BCUT2D eigenvalue weighted by Crippen LogP contribution is -2.50. The maximum atomic E-state index is 13.0. The van der Waals surface area contributed by atoms with Gasteiger partial charge < -0.3 is 43.8 Å². The van der Waals surface area contributed by atoms with E-state index in [9.17, 15) is 38.8 Å². The molecule has 0 aliphatic heterocycles. The van der Waals surface area contributed by atoms with Crippen LogP contribution in [0.2, 0.25) is 0 Å². The molecule has 0 aliphatic carbocycles. The number of amides is 3. The van der Waals surface area contributed by atoms with E-state index in [1.54, 1.807) is 24.1 Å². The van der Waals surface area contributed by atoms with Crippen LogP contribution in [0.5, 0.6) is 5.75 Å². The molecule has 2 aromatic carbocycles. The number of non-ortho nitro benzene ring substituents is 1. The summed E-state index contributed by atoms with van der Waals surface area (Å²) in [5.74, 6) is -1.94. The van der Waals surface area contributed by atoms with Crippen LogP contribution in [0.3, 0.4) is 0 Å². The molecule has 0 saturated heterocycles. The van der Waals surface area contributed by atoms with Crippen LogP contribution in [0.25, 0.3) is 10.4 Å². The van der Waals surface area contributed by atoms with E-state index in [1.165, 1.54) is 32.0 Å². The molecule has 0 aromatic heterocycles. The molecule has 0 aliphatic rings. The van der Waals surface area contributed by atoms with Crippen LogP contribution in [-0.2, 0) is 45.9 Å². The van der Waals surface area contributed by atoms with E-state index < -0.39 is 55.3 Å².